The Morgan fingerprint density at radius 2 is 1.17 bits per heavy atom. The Hall–Kier alpha value is -10.8. The zero-order valence-corrected chi connectivity index (χ0v) is 58.9. The van der Waals surface area contributed by atoms with E-state index in [1.165, 1.54) is 47.9 Å². The molecule has 0 aromatic heterocycles. The number of hydrogen-bond acceptors (Lipinski definition) is 22. The Balaban J connectivity index is 0.768. The van der Waals surface area contributed by atoms with Gasteiger partial charge < -0.3 is 103 Å². The van der Waals surface area contributed by atoms with Crippen molar-refractivity contribution in [3.05, 3.63) is 76.9 Å². The predicted octanol–water partition coefficient (Wildman–Crippen LogP) is -0.750. The number of aliphatic carboxylic acids is 3. The van der Waals surface area contributed by atoms with Crippen molar-refractivity contribution in [1.29, 1.82) is 0 Å². The SMILES string of the molecule is C[C@H](NC(=O)[C@@H](NC(=O)[C@@H]1CCCN1C(=O)[C@H](CCC(=O)O)NC(=O)[C@@H]1CCCN1C(=O)CCCCNC(=S)Nc1ccc2c(c1)C1(OC2=O)c2ccc(O)cc2Oc2cc(O)ccc21)[C@@H](C)O)C(=O)N1CCCC[C@H]1C(=O)N1CC[C@H](ON)[C@H]1C(=O)N[C@@H](CCC(=O)O)C(=O)N[C@@H](CCC(=O)O)C(N)=O. The van der Waals surface area contributed by atoms with Gasteiger partial charge in [-0.15, -0.1) is 0 Å². The number of amides is 10. The zero-order valence-electron chi connectivity index (χ0n) is 58.1. The summed E-state index contributed by atoms with van der Waals surface area (Å²) >= 11 is 5.62. The molecule has 0 saturated carbocycles. The molecule has 106 heavy (non-hydrogen) atoms. The third-order valence-corrected chi connectivity index (χ3v) is 19.9. The van der Waals surface area contributed by atoms with Crippen molar-refractivity contribution in [3.8, 4) is 23.0 Å². The van der Waals surface area contributed by atoms with Crippen LogP contribution in [0.5, 0.6) is 23.0 Å². The van der Waals surface area contributed by atoms with E-state index in [4.69, 9.17) is 43.3 Å². The molecule has 4 saturated heterocycles. The lowest BCUT2D eigenvalue weighted by Gasteiger charge is -2.39. The highest BCUT2D eigenvalue weighted by Gasteiger charge is 2.55. The molecule has 0 bridgehead atoms. The summed E-state index contributed by atoms with van der Waals surface area (Å²) < 4.78 is 12.2. The molecule has 6 heterocycles. The molecule has 6 aliphatic heterocycles. The van der Waals surface area contributed by atoms with Crippen LogP contribution >= 0.6 is 12.2 Å². The van der Waals surface area contributed by atoms with Crippen LogP contribution in [0.25, 0.3) is 0 Å². The number of likely N-dealkylation sites (tertiary alicyclic amines) is 4. The van der Waals surface area contributed by atoms with Gasteiger partial charge in [-0.2, -0.15) is 0 Å². The number of carbonyl (C=O) groups is 14. The molecule has 3 aromatic carbocycles. The first-order chi connectivity index (χ1) is 50.4. The number of esters is 1. The molecule has 572 valence electrons. The van der Waals surface area contributed by atoms with Gasteiger partial charge in [-0.1, -0.05) is 0 Å². The fraction of sp³-hybridized carbons (Fsp3) is 0.522. The number of thiocarbonyl (C=S) groups is 1. The van der Waals surface area contributed by atoms with Crippen LogP contribution < -0.4 is 53.6 Å². The van der Waals surface area contributed by atoms with Crippen molar-refractivity contribution >= 4 is 106 Å². The molecule has 0 unspecified atom stereocenters. The highest BCUT2D eigenvalue weighted by Crippen LogP contribution is 2.57. The van der Waals surface area contributed by atoms with Gasteiger partial charge in [0.25, 0.3) is 0 Å². The van der Waals surface area contributed by atoms with E-state index in [0.29, 0.717) is 61.0 Å². The third kappa shape index (κ3) is 18.3. The number of nitrogens with zero attached hydrogens (tertiary/aromatic N) is 4. The van der Waals surface area contributed by atoms with Gasteiger partial charge in [-0.3, -0.25) is 67.2 Å². The van der Waals surface area contributed by atoms with E-state index in [2.05, 4.69) is 37.2 Å². The summed E-state index contributed by atoms with van der Waals surface area (Å²) in [7, 11) is 0. The number of benzene rings is 3. The van der Waals surface area contributed by atoms with Crippen LogP contribution in [0.1, 0.15) is 150 Å². The fourth-order valence-electron chi connectivity index (χ4n) is 14.3. The number of rotatable bonds is 31. The number of nitrogens with one attached hydrogen (secondary N) is 7. The Bertz CT molecular complexity index is 3900. The first-order valence-electron chi connectivity index (χ1n) is 34.9. The minimum Gasteiger partial charge on any atom is -0.508 e. The average Bonchev–Trinajstić information content (AvgIpc) is 1.45. The van der Waals surface area contributed by atoms with Crippen LogP contribution in [0, 0.1) is 0 Å². The second-order valence-electron chi connectivity index (χ2n) is 26.9. The lowest BCUT2D eigenvalue weighted by Crippen LogP contribution is -2.63. The number of hydrogen-bond donors (Lipinski definition) is 15. The number of aliphatic hydroxyl groups is 1. The fourth-order valence-corrected chi connectivity index (χ4v) is 14.5. The normalized spacial score (nSPS) is 20.6. The molecule has 0 aliphatic carbocycles. The van der Waals surface area contributed by atoms with E-state index in [9.17, 15) is 92.7 Å². The monoisotopic (exact) mass is 1500 g/mol. The number of unbranched alkanes of at least 4 members (excludes halogenated alkanes) is 1. The number of primary amides is 1. The van der Waals surface area contributed by atoms with Gasteiger partial charge in [0.15, 0.2) is 10.7 Å². The number of nitrogens with two attached hydrogens (primary N) is 2. The number of phenols is 2. The van der Waals surface area contributed by atoms with Gasteiger partial charge in [-0.25, -0.2) is 10.7 Å². The average molecular weight is 1500 g/mol. The minimum atomic E-state index is -1.75. The van der Waals surface area contributed by atoms with Crippen molar-refractivity contribution < 1.29 is 112 Å². The molecule has 3 aromatic rings. The number of carbonyl (C=O) groups excluding carboxylic acids is 11. The summed E-state index contributed by atoms with van der Waals surface area (Å²) in [5, 5.41) is 78.6. The van der Waals surface area contributed by atoms with Gasteiger partial charge in [-0.05, 0) is 152 Å². The van der Waals surface area contributed by atoms with Crippen molar-refractivity contribution in [1.82, 2.24) is 51.5 Å². The van der Waals surface area contributed by atoms with Crippen molar-refractivity contribution in [2.24, 2.45) is 11.6 Å². The molecular weight excluding hydrogens is 1410 g/mol. The van der Waals surface area contributed by atoms with Crippen LogP contribution in [0.2, 0.25) is 0 Å². The number of aromatic hydroxyl groups is 2. The number of aliphatic hydroxyl groups excluding tert-OH is 1. The Morgan fingerprint density at radius 1 is 0.604 bits per heavy atom. The maximum absolute atomic E-state index is 14.6. The number of fused-ring (bicyclic) bond motifs is 6. The summed E-state index contributed by atoms with van der Waals surface area (Å²) in [4.78, 5) is 197. The Morgan fingerprint density at radius 3 is 1.78 bits per heavy atom. The second-order valence-corrected chi connectivity index (χ2v) is 27.3. The summed E-state index contributed by atoms with van der Waals surface area (Å²) in [5.74, 6) is -7.43. The minimum absolute atomic E-state index is 0.0133. The standard InChI is InChI=1S/C69H87N13O23S/c1-34(64(99)81-27-6-4-9-48(81)66(101)82-30-25-49(105-71)57(82)63(98)76-44(20-23-54(89)90)59(94)75-43(58(70)93)19-22-53(87)88)73-62(97)56(35(2)83)78-61(96)47-11-8-29-80(47)65(100)45(21-24-55(91)92)77-60(95)46-10-7-28-79(46)52(86)12-3-5-26-72-68(106)74-36-13-16-39-42(31-36)69(104-67(39)102)40-17-14-37(84)32-50(40)103-51-33-38(85)15-18-41(51)69/h13-18,31-35,43-49,56-57,83-85H,3-12,19-30,71H2,1-2H3,(H2,70,93)(H,73,97)(H,75,94)(H,76,98)(H,77,95)(H,78,96)(H,87,88)(H,89,90)(H,91,92)(H2,72,74,106)/t34-,35+,43-,44-,45-,46-,47-,48-,49-,56-,57-/m0/s1. The Kier molecular flexibility index (Phi) is 26.1. The van der Waals surface area contributed by atoms with Crippen LogP contribution in [0.4, 0.5) is 5.69 Å². The zero-order chi connectivity index (χ0) is 77.0. The number of anilines is 1. The van der Waals surface area contributed by atoms with E-state index in [1.54, 1.807) is 30.3 Å². The van der Waals surface area contributed by atoms with Crippen LogP contribution in [0.15, 0.2) is 54.6 Å². The molecule has 1 spiro atoms. The second kappa shape index (κ2) is 34.9. The van der Waals surface area contributed by atoms with Gasteiger partial charge in [0.2, 0.25) is 59.1 Å². The first-order valence-corrected chi connectivity index (χ1v) is 35.3. The molecule has 17 N–H and O–H groups in total. The van der Waals surface area contributed by atoms with Gasteiger partial charge in [0.05, 0.1) is 11.7 Å². The lowest BCUT2D eigenvalue weighted by atomic mass is 9.77. The lowest BCUT2D eigenvalue weighted by molar-refractivity contribution is -0.153. The summed E-state index contributed by atoms with van der Waals surface area (Å²) in [6.45, 7) is 2.80. The molecule has 6 aliphatic rings. The van der Waals surface area contributed by atoms with Gasteiger partial charge in [0, 0.05) is 92.9 Å². The largest absolute Gasteiger partial charge is 0.508 e. The highest BCUT2D eigenvalue weighted by atomic mass is 32.1. The molecule has 10 amide bonds. The number of carboxylic acids is 3. The summed E-state index contributed by atoms with van der Waals surface area (Å²) in [6, 6.07) is 0.774. The number of carboxylic acid groups (broad SMARTS) is 3. The van der Waals surface area contributed by atoms with Gasteiger partial charge >= 0.3 is 23.9 Å². The highest BCUT2D eigenvalue weighted by molar-refractivity contribution is 7.80. The summed E-state index contributed by atoms with van der Waals surface area (Å²) in [5.41, 5.74) is 5.96. The van der Waals surface area contributed by atoms with Crippen molar-refractivity contribution in [3.63, 3.8) is 0 Å². The molecule has 4 fully saturated rings. The van der Waals surface area contributed by atoms with E-state index in [1.807, 2.05) is 0 Å². The molecule has 0 radical (unpaired) electrons. The summed E-state index contributed by atoms with van der Waals surface area (Å²) in [6.07, 6.45) is -3.37. The quantitative estimate of drug-likeness (QED) is 0.0163. The van der Waals surface area contributed by atoms with Crippen molar-refractivity contribution in [2.75, 3.05) is 38.0 Å². The molecule has 11 atom stereocenters. The van der Waals surface area contributed by atoms with E-state index in [0.717, 1.165) is 9.80 Å². The number of piperidine rings is 1. The van der Waals surface area contributed by atoms with Crippen molar-refractivity contribution in [2.45, 2.75) is 195 Å². The first kappa shape index (κ1) is 79.3. The van der Waals surface area contributed by atoms with E-state index >= 15 is 0 Å². The molecule has 36 nitrogen and oxygen atoms in total. The van der Waals surface area contributed by atoms with E-state index < -0.39 is 188 Å². The van der Waals surface area contributed by atoms with Crippen LogP contribution in [0.3, 0.4) is 0 Å². The van der Waals surface area contributed by atoms with Crippen LogP contribution in [-0.4, -0.2) is 238 Å². The Labute approximate surface area is 611 Å². The smallest absolute Gasteiger partial charge is 0.340 e. The van der Waals surface area contributed by atoms with E-state index in [-0.39, 0.29) is 104 Å². The maximum atomic E-state index is 14.6. The topological polar surface area (TPSA) is 537 Å². The molecule has 9 rings (SSSR count). The maximum Gasteiger partial charge on any atom is 0.340 e. The third-order valence-electron chi connectivity index (χ3n) is 19.6. The molecular formula is C69H87N13O23S. The number of ether oxygens (including phenoxy) is 2. The van der Waals surface area contributed by atoms with Crippen LogP contribution in [-0.2, 0) is 77.5 Å². The van der Waals surface area contributed by atoms with Gasteiger partial charge in [0.1, 0.15) is 83.5 Å². The predicted molar refractivity (Wildman–Crippen MR) is 371 cm³/mol. The number of phenolic OH excluding ortho intramolecular Hbond substituents is 2. The molecule has 37 heteroatoms.